The lowest BCUT2D eigenvalue weighted by molar-refractivity contribution is 1.27. The van der Waals surface area contributed by atoms with Gasteiger partial charge in [-0.1, -0.05) is 67.3 Å². The van der Waals surface area contributed by atoms with Gasteiger partial charge in [0, 0.05) is 10.8 Å². The van der Waals surface area contributed by atoms with Crippen molar-refractivity contribution < 1.29 is 0 Å². The SMILES string of the molecule is C=C(/C=C\C)c1cnc2c3ccccc3c3ccccc3c2n1. The van der Waals surface area contributed by atoms with Gasteiger partial charge in [-0.05, 0) is 23.3 Å². The van der Waals surface area contributed by atoms with Gasteiger partial charge in [-0.3, -0.25) is 4.98 Å². The molecule has 0 aliphatic carbocycles. The van der Waals surface area contributed by atoms with Crippen LogP contribution in [0.1, 0.15) is 12.6 Å². The first-order chi connectivity index (χ1) is 11.3. The average molecular weight is 296 g/mol. The van der Waals surface area contributed by atoms with Crippen molar-refractivity contribution in [2.45, 2.75) is 6.92 Å². The monoisotopic (exact) mass is 296 g/mol. The Morgan fingerprint density at radius 3 is 2.04 bits per heavy atom. The van der Waals surface area contributed by atoms with E-state index in [-0.39, 0.29) is 0 Å². The minimum absolute atomic E-state index is 0.816. The van der Waals surface area contributed by atoms with E-state index < -0.39 is 0 Å². The minimum atomic E-state index is 0.816. The summed E-state index contributed by atoms with van der Waals surface area (Å²) in [7, 11) is 0. The number of hydrogen-bond donors (Lipinski definition) is 0. The summed E-state index contributed by atoms with van der Waals surface area (Å²) >= 11 is 0. The molecule has 4 rings (SSSR count). The molecule has 3 aromatic carbocycles. The second kappa shape index (κ2) is 5.33. The summed E-state index contributed by atoms with van der Waals surface area (Å²) in [4.78, 5) is 9.56. The summed E-state index contributed by atoms with van der Waals surface area (Å²) in [6, 6.07) is 16.7. The third kappa shape index (κ3) is 2.11. The van der Waals surface area contributed by atoms with E-state index in [4.69, 9.17) is 9.97 Å². The Bertz CT molecular complexity index is 1060. The second-order valence-corrected chi connectivity index (χ2v) is 5.57. The van der Waals surface area contributed by atoms with Crippen LogP contribution in [0.3, 0.4) is 0 Å². The lowest BCUT2D eigenvalue weighted by Gasteiger charge is -2.10. The smallest absolute Gasteiger partial charge is 0.0979 e. The summed E-state index contributed by atoms with van der Waals surface area (Å²) in [6.45, 7) is 6.05. The largest absolute Gasteiger partial charge is 0.252 e. The summed E-state index contributed by atoms with van der Waals surface area (Å²) in [5, 5.41) is 4.68. The summed E-state index contributed by atoms with van der Waals surface area (Å²) < 4.78 is 0. The van der Waals surface area contributed by atoms with Crippen LogP contribution in [0.5, 0.6) is 0 Å². The van der Waals surface area contributed by atoms with E-state index in [0.29, 0.717) is 0 Å². The predicted octanol–water partition coefficient (Wildman–Crippen LogP) is 5.53. The van der Waals surface area contributed by atoms with Crippen LogP contribution in [0, 0.1) is 0 Å². The van der Waals surface area contributed by atoms with Crippen LogP contribution in [-0.2, 0) is 0 Å². The normalized spacial score (nSPS) is 11.7. The average Bonchev–Trinajstić information content (AvgIpc) is 2.62. The van der Waals surface area contributed by atoms with Crippen molar-refractivity contribution in [2.24, 2.45) is 0 Å². The van der Waals surface area contributed by atoms with Gasteiger partial charge in [0.05, 0.1) is 22.9 Å². The maximum Gasteiger partial charge on any atom is 0.0979 e. The van der Waals surface area contributed by atoms with E-state index in [2.05, 4.69) is 43.0 Å². The number of aromatic nitrogens is 2. The standard InChI is InChI=1S/C21H16N2/c1-3-8-14(2)19-13-22-20-17-11-6-4-9-15(17)16-10-5-7-12-18(16)21(20)23-19/h3-13H,2H2,1H3/b8-3-. The van der Waals surface area contributed by atoms with Gasteiger partial charge in [-0.2, -0.15) is 0 Å². The molecule has 0 radical (unpaired) electrons. The van der Waals surface area contributed by atoms with E-state index in [0.717, 1.165) is 33.1 Å². The molecule has 2 nitrogen and oxygen atoms in total. The van der Waals surface area contributed by atoms with E-state index in [1.165, 1.54) is 10.8 Å². The fraction of sp³-hybridized carbons (Fsp3) is 0.0476. The van der Waals surface area contributed by atoms with Crippen LogP contribution >= 0.6 is 0 Å². The molecule has 0 unspecified atom stereocenters. The Kier molecular flexibility index (Phi) is 3.16. The zero-order valence-corrected chi connectivity index (χ0v) is 13.0. The minimum Gasteiger partial charge on any atom is -0.252 e. The highest BCUT2D eigenvalue weighted by molar-refractivity contribution is 6.23. The quantitative estimate of drug-likeness (QED) is 0.359. The number of allylic oxidation sites excluding steroid dienone is 3. The van der Waals surface area contributed by atoms with Crippen LogP contribution in [0.2, 0.25) is 0 Å². The van der Waals surface area contributed by atoms with E-state index in [1.54, 1.807) is 0 Å². The van der Waals surface area contributed by atoms with Crippen LogP contribution < -0.4 is 0 Å². The van der Waals surface area contributed by atoms with E-state index in [9.17, 15) is 0 Å². The van der Waals surface area contributed by atoms with Crippen molar-refractivity contribution in [1.82, 2.24) is 9.97 Å². The molecule has 4 aromatic rings. The summed E-state index contributed by atoms with van der Waals surface area (Å²) in [6.07, 6.45) is 5.73. The first kappa shape index (κ1) is 13.6. The van der Waals surface area contributed by atoms with Gasteiger partial charge in [0.1, 0.15) is 0 Å². The van der Waals surface area contributed by atoms with Crippen molar-refractivity contribution >= 4 is 38.2 Å². The van der Waals surface area contributed by atoms with Crippen LogP contribution in [0.15, 0.2) is 73.5 Å². The lowest BCUT2D eigenvalue weighted by atomic mass is 9.99. The molecule has 0 amide bonds. The van der Waals surface area contributed by atoms with Crippen molar-refractivity contribution in [3.05, 3.63) is 79.2 Å². The van der Waals surface area contributed by atoms with Crippen molar-refractivity contribution in [2.75, 3.05) is 0 Å². The molecule has 1 heterocycles. The molecule has 2 heteroatoms. The third-order valence-electron chi connectivity index (χ3n) is 4.12. The molecule has 1 aromatic heterocycles. The maximum absolute atomic E-state index is 4.86. The van der Waals surface area contributed by atoms with Crippen LogP contribution in [0.25, 0.3) is 38.2 Å². The van der Waals surface area contributed by atoms with Gasteiger partial charge in [-0.25, -0.2) is 4.98 Å². The summed E-state index contributed by atoms with van der Waals surface area (Å²) in [5.74, 6) is 0. The highest BCUT2D eigenvalue weighted by Gasteiger charge is 2.11. The number of rotatable bonds is 2. The van der Waals surface area contributed by atoms with Gasteiger partial charge >= 0.3 is 0 Å². The number of benzene rings is 3. The molecule has 0 saturated carbocycles. The molecular formula is C21H16N2. The van der Waals surface area contributed by atoms with E-state index >= 15 is 0 Å². The zero-order valence-electron chi connectivity index (χ0n) is 13.0. The zero-order chi connectivity index (χ0) is 15.8. The molecule has 0 atom stereocenters. The van der Waals surface area contributed by atoms with Gasteiger partial charge in [-0.15, -0.1) is 0 Å². The van der Waals surface area contributed by atoms with Crippen LogP contribution in [-0.4, -0.2) is 9.97 Å². The Hall–Kier alpha value is -3.00. The molecule has 0 fully saturated rings. The molecule has 110 valence electrons. The van der Waals surface area contributed by atoms with Crippen LogP contribution in [0.4, 0.5) is 0 Å². The first-order valence-corrected chi connectivity index (χ1v) is 7.68. The highest BCUT2D eigenvalue weighted by atomic mass is 14.8. The Morgan fingerprint density at radius 1 is 0.870 bits per heavy atom. The molecule has 0 aliphatic heterocycles. The van der Waals surface area contributed by atoms with Gasteiger partial charge < -0.3 is 0 Å². The Labute approximate surface area is 134 Å². The second-order valence-electron chi connectivity index (χ2n) is 5.57. The van der Waals surface area contributed by atoms with E-state index in [1.807, 2.05) is 37.4 Å². The Balaban J connectivity index is 2.19. The van der Waals surface area contributed by atoms with Gasteiger partial charge in [0.15, 0.2) is 0 Å². The lowest BCUT2D eigenvalue weighted by Crippen LogP contribution is -1.93. The third-order valence-corrected chi connectivity index (χ3v) is 4.12. The van der Waals surface area contributed by atoms with Gasteiger partial charge in [0.2, 0.25) is 0 Å². The van der Waals surface area contributed by atoms with Crippen molar-refractivity contribution in [3.8, 4) is 0 Å². The number of fused-ring (bicyclic) bond motifs is 6. The first-order valence-electron chi connectivity index (χ1n) is 7.68. The highest BCUT2D eigenvalue weighted by Crippen LogP contribution is 2.33. The topological polar surface area (TPSA) is 25.8 Å². The molecular weight excluding hydrogens is 280 g/mol. The molecule has 0 spiro atoms. The summed E-state index contributed by atoms with van der Waals surface area (Å²) in [5.41, 5.74) is 3.56. The Morgan fingerprint density at radius 2 is 1.43 bits per heavy atom. The number of nitrogens with zero attached hydrogens (tertiary/aromatic N) is 2. The van der Waals surface area contributed by atoms with Crippen molar-refractivity contribution in [1.29, 1.82) is 0 Å². The van der Waals surface area contributed by atoms with Gasteiger partial charge in [0.25, 0.3) is 0 Å². The number of hydrogen-bond acceptors (Lipinski definition) is 2. The molecule has 0 N–H and O–H groups in total. The molecule has 0 saturated heterocycles. The maximum atomic E-state index is 4.86. The fourth-order valence-corrected chi connectivity index (χ4v) is 3.06. The fourth-order valence-electron chi connectivity index (χ4n) is 3.06. The molecule has 0 aliphatic rings. The van der Waals surface area contributed by atoms with Crippen molar-refractivity contribution in [3.63, 3.8) is 0 Å². The molecule has 23 heavy (non-hydrogen) atoms. The predicted molar refractivity (Wildman–Crippen MR) is 98.4 cm³/mol. The molecule has 0 bridgehead atoms.